The van der Waals surface area contributed by atoms with Gasteiger partial charge in [0.2, 0.25) is 0 Å². The predicted octanol–water partition coefficient (Wildman–Crippen LogP) is 2.01. The fraction of sp³-hybridized carbons (Fsp3) is 0.929. The Morgan fingerprint density at radius 1 is 1.17 bits per heavy atom. The van der Waals surface area contributed by atoms with E-state index < -0.39 is 11.6 Å². The van der Waals surface area contributed by atoms with E-state index in [1.165, 1.54) is 6.42 Å². The van der Waals surface area contributed by atoms with Gasteiger partial charge in [0.15, 0.2) is 0 Å². The number of nitrogens with zero attached hydrogens (tertiary/aromatic N) is 1. The molecule has 1 aliphatic heterocycles. The van der Waals surface area contributed by atoms with Crippen LogP contribution in [0.15, 0.2) is 0 Å². The summed E-state index contributed by atoms with van der Waals surface area (Å²) in [6, 6.07) is 0.127. The zero-order chi connectivity index (χ0) is 13.0. The largest absolute Gasteiger partial charge is 0.481 e. The standard InChI is InChI=1S/C14H25NO3/c16-13(17)10-12-6-2-5-9-15(12)11-14(18)7-3-1-4-8-14/h12,18H,1-11H2,(H,16,17). The van der Waals surface area contributed by atoms with E-state index in [1.807, 2.05) is 0 Å². The molecule has 2 N–H and O–H groups in total. The molecule has 1 unspecified atom stereocenters. The van der Waals surface area contributed by atoms with Crippen LogP contribution in [-0.4, -0.2) is 45.8 Å². The molecule has 1 atom stereocenters. The third-order valence-corrected chi connectivity index (χ3v) is 4.44. The molecule has 1 saturated heterocycles. The summed E-state index contributed by atoms with van der Waals surface area (Å²) >= 11 is 0. The van der Waals surface area contributed by atoms with E-state index in [9.17, 15) is 9.90 Å². The predicted molar refractivity (Wildman–Crippen MR) is 69.5 cm³/mol. The highest BCUT2D eigenvalue weighted by molar-refractivity contribution is 5.67. The van der Waals surface area contributed by atoms with E-state index in [0.29, 0.717) is 6.54 Å². The molecular formula is C14H25NO3. The molecule has 1 aliphatic carbocycles. The molecular weight excluding hydrogens is 230 g/mol. The lowest BCUT2D eigenvalue weighted by atomic mass is 9.83. The Bertz CT molecular complexity index is 287. The second-order valence-corrected chi connectivity index (χ2v) is 6.00. The van der Waals surface area contributed by atoms with Gasteiger partial charge in [-0.15, -0.1) is 0 Å². The van der Waals surface area contributed by atoms with Crippen LogP contribution in [0.3, 0.4) is 0 Å². The summed E-state index contributed by atoms with van der Waals surface area (Å²) in [5.41, 5.74) is -0.563. The Hall–Kier alpha value is -0.610. The maximum atomic E-state index is 10.9. The minimum Gasteiger partial charge on any atom is -0.481 e. The Kier molecular flexibility index (Phi) is 4.62. The van der Waals surface area contributed by atoms with Gasteiger partial charge in [0.25, 0.3) is 0 Å². The molecule has 0 radical (unpaired) electrons. The van der Waals surface area contributed by atoms with Crippen LogP contribution in [0.1, 0.15) is 57.8 Å². The van der Waals surface area contributed by atoms with E-state index >= 15 is 0 Å². The number of carbonyl (C=O) groups is 1. The van der Waals surface area contributed by atoms with Crippen LogP contribution < -0.4 is 0 Å². The third kappa shape index (κ3) is 3.69. The summed E-state index contributed by atoms with van der Waals surface area (Å²) in [4.78, 5) is 13.1. The van der Waals surface area contributed by atoms with Crippen molar-refractivity contribution in [3.8, 4) is 0 Å². The van der Waals surface area contributed by atoms with Gasteiger partial charge in [0.1, 0.15) is 0 Å². The maximum absolute atomic E-state index is 10.9. The van der Waals surface area contributed by atoms with Crippen LogP contribution in [0.25, 0.3) is 0 Å². The fourth-order valence-corrected chi connectivity index (χ4v) is 3.45. The van der Waals surface area contributed by atoms with E-state index in [0.717, 1.165) is 51.5 Å². The van der Waals surface area contributed by atoms with Crippen LogP contribution in [-0.2, 0) is 4.79 Å². The van der Waals surface area contributed by atoms with Crippen molar-refractivity contribution < 1.29 is 15.0 Å². The number of β-amino-alcohol motifs (C(OH)–C–C–N with tert-alkyl or cyclic N) is 1. The molecule has 0 amide bonds. The highest BCUT2D eigenvalue weighted by Gasteiger charge is 2.35. The first-order chi connectivity index (χ1) is 8.59. The van der Waals surface area contributed by atoms with E-state index in [2.05, 4.69) is 4.90 Å². The quantitative estimate of drug-likeness (QED) is 0.806. The molecule has 0 bridgehead atoms. The smallest absolute Gasteiger partial charge is 0.304 e. The maximum Gasteiger partial charge on any atom is 0.304 e. The number of hydrogen-bond acceptors (Lipinski definition) is 3. The van der Waals surface area contributed by atoms with Crippen molar-refractivity contribution in [2.75, 3.05) is 13.1 Å². The van der Waals surface area contributed by atoms with Gasteiger partial charge < -0.3 is 10.2 Å². The fourth-order valence-electron chi connectivity index (χ4n) is 3.45. The number of carboxylic acid groups (broad SMARTS) is 1. The summed E-state index contributed by atoms with van der Waals surface area (Å²) in [7, 11) is 0. The minimum absolute atomic E-state index is 0.127. The first-order valence-electron chi connectivity index (χ1n) is 7.27. The van der Waals surface area contributed by atoms with Gasteiger partial charge >= 0.3 is 5.97 Å². The number of rotatable bonds is 4. The molecule has 0 spiro atoms. The first kappa shape index (κ1) is 13.8. The number of carboxylic acids is 1. The van der Waals surface area contributed by atoms with Gasteiger partial charge in [-0.05, 0) is 32.2 Å². The van der Waals surface area contributed by atoms with Crippen LogP contribution in [0, 0.1) is 0 Å². The molecule has 4 nitrogen and oxygen atoms in total. The van der Waals surface area contributed by atoms with Crippen LogP contribution in [0.5, 0.6) is 0 Å². The second kappa shape index (κ2) is 6.02. The molecule has 4 heteroatoms. The number of piperidine rings is 1. The van der Waals surface area contributed by atoms with Crippen LogP contribution >= 0.6 is 0 Å². The van der Waals surface area contributed by atoms with Crippen molar-refractivity contribution in [3.63, 3.8) is 0 Å². The molecule has 0 aromatic carbocycles. The number of aliphatic carboxylic acids is 1. The number of likely N-dealkylation sites (tertiary alicyclic amines) is 1. The average molecular weight is 255 g/mol. The average Bonchev–Trinajstić information content (AvgIpc) is 2.32. The zero-order valence-electron chi connectivity index (χ0n) is 11.1. The number of hydrogen-bond donors (Lipinski definition) is 2. The highest BCUT2D eigenvalue weighted by Crippen LogP contribution is 2.31. The zero-order valence-corrected chi connectivity index (χ0v) is 11.1. The van der Waals surface area contributed by atoms with E-state index in [1.54, 1.807) is 0 Å². The van der Waals surface area contributed by atoms with Gasteiger partial charge in [0, 0.05) is 12.6 Å². The van der Waals surface area contributed by atoms with Gasteiger partial charge in [-0.3, -0.25) is 9.69 Å². The summed E-state index contributed by atoms with van der Waals surface area (Å²) in [5, 5.41) is 19.6. The van der Waals surface area contributed by atoms with Crippen molar-refractivity contribution in [2.45, 2.75) is 69.4 Å². The van der Waals surface area contributed by atoms with Crippen molar-refractivity contribution >= 4 is 5.97 Å². The van der Waals surface area contributed by atoms with Crippen LogP contribution in [0.2, 0.25) is 0 Å². The normalized spacial score (nSPS) is 29.1. The van der Waals surface area contributed by atoms with Gasteiger partial charge in [0.05, 0.1) is 12.0 Å². The van der Waals surface area contributed by atoms with Crippen LogP contribution in [0.4, 0.5) is 0 Å². The first-order valence-corrected chi connectivity index (χ1v) is 7.27. The van der Waals surface area contributed by atoms with Crippen molar-refractivity contribution in [1.82, 2.24) is 4.90 Å². The lowest BCUT2D eigenvalue weighted by molar-refractivity contribution is -0.139. The SMILES string of the molecule is O=C(O)CC1CCCCN1CC1(O)CCCCC1. The number of aliphatic hydroxyl groups is 1. The summed E-state index contributed by atoms with van der Waals surface area (Å²) in [6.45, 7) is 1.62. The summed E-state index contributed by atoms with van der Waals surface area (Å²) < 4.78 is 0. The molecule has 0 aromatic rings. The molecule has 2 aliphatic rings. The van der Waals surface area contributed by atoms with Gasteiger partial charge in [-0.25, -0.2) is 0 Å². The Balaban J connectivity index is 1.93. The van der Waals surface area contributed by atoms with Gasteiger partial charge in [-0.1, -0.05) is 25.7 Å². The topological polar surface area (TPSA) is 60.8 Å². The second-order valence-electron chi connectivity index (χ2n) is 6.00. The van der Waals surface area contributed by atoms with Crippen molar-refractivity contribution in [1.29, 1.82) is 0 Å². The summed E-state index contributed by atoms with van der Waals surface area (Å²) in [6.07, 6.45) is 8.62. The van der Waals surface area contributed by atoms with E-state index in [-0.39, 0.29) is 12.5 Å². The molecule has 2 fully saturated rings. The van der Waals surface area contributed by atoms with E-state index in [4.69, 9.17) is 5.11 Å². The minimum atomic E-state index is -0.720. The highest BCUT2D eigenvalue weighted by atomic mass is 16.4. The Labute approximate surface area is 109 Å². The Morgan fingerprint density at radius 3 is 2.56 bits per heavy atom. The molecule has 18 heavy (non-hydrogen) atoms. The molecule has 1 saturated carbocycles. The molecule has 2 rings (SSSR count). The molecule has 104 valence electrons. The van der Waals surface area contributed by atoms with Gasteiger partial charge in [-0.2, -0.15) is 0 Å². The van der Waals surface area contributed by atoms with Crippen molar-refractivity contribution in [2.24, 2.45) is 0 Å². The summed E-state index contributed by atoms with van der Waals surface area (Å²) in [5.74, 6) is -0.720. The molecule has 0 aromatic heterocycles. The van der Waals surface area contributed by atoms with Crippen molar-refractivity contribution in [3.05, 3.63) is 0 Å². The lowest BCUT2D eigenvalue weighted by Crippen LogP contribution is -2.50. The third-order valence-electron chi connectivity index (χ3n) is 4.44. The molecule has 1 heterocycles. The Morgan fingerprint density at radius 2 is 1.89 bits per heavy atom. The monoisotopic (exact) mass is 255 g/mol. The lowest BCUT2D eigenvalue weighted by Gasteiger charge is -2.42.